The zero-order chi connectivity index (χ0) is 14.0. The van der Waals surface area contributed by atoms with E-state index in [1.807, 2.05) is 7.05 Å². The van der Waals surface area contributed by atoms with Gasteiger partial charge >= 0.3 is 6.18 Å². The molecule has 1 heterocycles. The molecule has 0 radical (unpaired) electrons. The Morgan fingerprint density at radius 1 is 1.21 bits per heavy atom. The van der Waals surface area contributed by atoms with Crippen molar-refractivity contribution in [3.8, 4) is 0 Å². The molecule has 1 aliphatic rings. The van der Waals surface area contributed by atoms with Crippen LogP contribution in [-0.2, 0) is 6.18 Å². The van der Waals surface area contributed by atoms with E-state index >= 15 is 0 Å². The maximum absolute atomic E-state index is 13.5. The summed E-state index contributed by atoms with van der Waals surface area (Å²) in [6.07, 6.45) is -2.85. The summed E-state index contributed by atoms with van der Waals surface area (Å²) in [4.78, 5) is 2.14. The number of hydrogen-bond donors (Lipinski definition) is 1. The minimum absolute atomic E-state index is 0.0224. The maximum atomic E-state index is 13.5. The molecule has 0 saturated carbocycles. The van der Waals surface area contributed by atoms with Gasteiger partial charge in [-0.25, -0.2) is 4.39 Å². The van der Waals surface area contributed by atoms with E-state index in [4.69, 9.17) is 0 Å². The van der Waals surface area contributed by atoms with Crippen LogP contribution in [0.5, 0.6) is 0 Å². The normalized spacial score (nSPS) is 18.6. The van der Waals surface area contributed by atoms with Crippen molar-refractivity contribution in [2.45, 2.75) is 25.1 Å². The van der Waals surface area contributed by atoms with Gasteiger partial charge in [0, 0.05) is 6.04 Å². The lowest BCUT2D eigenvalue weighted by Crippen LogP contribution is -2.36. The lowest BCUT2D eigenvalue weighted by molar-refractivity contribution is -0.137. The molecule has 2 nitrogen and oxygen atoms in total. The van der Waals surface area contributed by atoms with E-state index in [1.54, 1.807) is 0 Å². The standard InChI is InChI=1S/C13H16F4N2/c1-19-6-4-10(5-7-19)18-12-8-9(13(15,16)17)2-3-11(12)14/h2-3,8,10,18H,4-7H2,1H3. The van der Waals surface area contributed by atoms with Crippen molar-refractivity contribution in [3.63, 3.8) is 0 Å². The first-order valence-electron chi connectivity index (χ1n) is 6.18. The second-order valence-electron chi connectivity index (χ2n) is 4.91. The first-order chi connectivity index (χ1) is 8.86. The van der Waals surface area contributed by atoms with Gasteiger partial charge < -0.3 is 10.2 Å². The second-order valence-corrected chi connectivity index (χ2v) is 4.91. The molecule has 1 aliphatic heterocycles. The van der Waals surface area contributed by atoms with Crippen molar-refractivity contribution in [3.05, 3.63) is 29.6 Å². The van der Waals surface area contributed by atoms with E-state index in [0.29, 0.717) is 0 Å². The molecule has 106 valence electrons. The minimum Gasteiger partial charge on any atom is -0.380 e. The number of hydrogen-bond acceptors (Lipinski definition) is 2. The van der Waals surface area contributed by atoms with Crippen molar-refractivity contribution >= 4 is 5.69 Å². The Kier molecular flexibility index (Phi) is 3.99. The van der Waals surface area contributed by atoms with Crippen LogP contribution in [0.15, 0.2) is 18.2 Å². The smallest absolute Gasteiger partial charge is 0.380 e. The number of rotatable bonds is 2. The maximum Gasteiger partial charge on any atom is 0.416 e. The van der Waals surface area contributed by atoms with Gasteiger partial charge in [0.25, 0.3) is 0 Å². The quantitative estimate of drug-likeness (QED) is 0.833. The molecule has 1 saturated heterocycles. The van der Waals surface area contributed by atoms with Crippen LogP contribution < -0.4 is 5.32 Å². The fraction of sp³-hybridized carbons (Fsp3) is 0.538. The highest BCUT2D eigenvalue weighted by molar-refractivity contribution is 5.48. The Hall–Kier alpha value is -1.30. The lowest BCUT2D eigenvalue weighted by atomic mass is 10.0. The largest absolute Gasteiger partial charge is 0.416 e. The predicted octanol–water partition coefficient (Wildman–Crippen LogP) is 3.35. The Balaban J connectivity index is 2.11. The monoisotopic (exact) mass is 276 g/mol. The summed E-state index contributed by atoms with van der Waals surface area (Å²) in [5.41, 5.74) is -0.895. The van der Waals surface area contributed by atoms with Gasteiger partial charge in [-0.3, -0.25) is 0 Å². The Bertz CT molecular complexity index is 437. The van der Waals surface area contributed by atoms with Gasteiger partial charge in [0.05, 0.1) is 11.3 Å². The average Bonchev–Trinajstić information content (AvgIpc) is 2.33. The number of halogens is 4. The summed E-state index contributed by atoms with van der Waals surface area (Å²) in [5.74, 6) is -0.646. The van der Waals surface area contributed by atoms with Gasteiger partial charge in [0.1, 0.15) is 5.82 Å². The SMILES string of the molecule is CN1CCC(Nc2cc(C(F)(F)F)ccc2F)CC1. The van der Waals surface area contributed by atoms with Crippen molar-refractivity contribution in [2.24, 2.45) is 0 Å². The van der Waals surface area contributed by atoms with E-state index in [0.717, 1.165) is 44.1 Å². The fourth-order valence-electron chi connectivity index (χ4n) is 2.19. The zero-order valence-corrected chi connectivity index (χ0v) is 10.6. The lowest BCUT2D eigenvalue weighted by Gasteiger charge is -2.30. The zero-order valence-electron chi connectivity index (χ0n) is 10.6. The van der Waals surface area contributed by atoms with Crippen LogP contribution in [0.4, 0.5) is 23.2 Å². The van der Waals surface area contributed by atoms with Crippen LogP contribution >= 0.6 is 0 Å². The van der Waals surface area contributed by atoms with Gasteiger partial charge in [0.15, 0.2) is 0 Å². The van der Waals surface area contributed by atoms with Crippen molar-refractivity contribution in [2.75, 3.05) is 25.5 Å². The summed E-state index contributed by atoms with van der Waals surface area (Å²) >= 11 is 0. The highest BCUT2D eigenvalue weighted by atomic mass is 19.4. The van der Waals surface area contributed by atoms with E-state index in [2.05, 4.69) is 10.2 Å². The Morgan fingerprint density at radius 2 is 1.84 bits per heavy atom. The highest BCUT2D eigenvalue weighted by Gasteiger charge is 2.31. The number of likely N-dealkylation sites (tertiary alicyclic amines) is 1. The van der Waals surface area contributed by atoms with Gasteiger partial charge in [-0.2, -0.15) is 13.2 Å². The summed E-state index contributed by atoms with van der Waals surface area (Å²) in [7, 11) is 1.99. The molecule has 2 rings (SSSR count). The number of anilines is 1. The topological polar surface area (TPSA) is 15.3 Å². The molecule has 1 aromatic rings. The molecule has 0 amide bonds. The highest BCUT2D eigenvalue weighted by Crippen LogP contribution is 2.32. The summed E-state index contributed by atoms with van der Waals surface area (Å²) in [6.45, 7) is 1.72. The third-order valence-corrected chi connectivity index (χ3v) is 3.37. The Morgan fingerprint density at radius 3 is 2.42 bits per heavy atom. The van der Waals surface area contributed by atoms with Crippen LogP contribution in [0.2, 0.25) is 0 Å². The molecule has 19 heavy (non-hydrogen) atoms. The van der Waals surface area contributed by atoms with E-state index in [-0.39, 0.29) is 11.7 Å². The van der Waals surface area contributed by atoms with Crippen molar-refractivity contribution in [1.82, 2.24) is 4.90 Å². The summed E-state index contributed by atoms with van der Waals surface area (Å²) in [6, 6.07) is 2.48. The molecule has 1 aromatic carbocycles. The molecular weight excluding hydrogens is 260 g/mol. The summed E-state index contributed by atoms with van der Waals surface area (Å²) in [5, 5.41) is 2.88. The van der Waals surface area contributed by atoms with Crippen LogP contribution in [0, 0.1) is 5.82 Å². The summed E-state index contributed by atoms with van der Waals surface area (Å²) < 4.78 is 51.3. The number of nitrogens with zero attached hydrogens (tertiary/aromatic N) is 1. The van der Waals surface area contributed by atoms with Crippen molar-refractivity contribution in [1.29, 1.82) is 0 Å². The van der Waals surface area contributed by atoms with Gasteiger partial charge in [-0.15, -0.1) is 0 Å². The number of piperidine rings is 1. The molecule has 6 heteroatoms. The van der Waals surface area contributed by atoms with Gasteiger partial charge in [-0.1, -0.05) is 0 Å². The molecular formula is C13H16F4N2. The van der Waals surface area contributed by atoms with E-state index in [1.165, 1.54) is 0 Å². The minimum atomic E-state index is -4.45. The molecule has 0 spiro atoms. The molecule has 0 aliphatic carbocycles. The average molecular weight is 276 g/mol. The number of nitrogens with one attached hydrogen (secondary N) is 1. The van der Waals surface area contributed by atoms with Gasteiger partial charge in [-0.05, 0) is 51.2 Å². The fourth-order valence-corrected chi connectivity index (χ4v) is 2.19. The predicted molar refractivity (Wildman–Crippen MR) is 65.5 cm³/mol. The van der Waals surface area contributed by atoms with Crippen LogP contribution in [0.25, 0.3) is 0 Å². The van der Waals surface area contributed by atoms with Crippen LogP contribution in [0.1, 0.15) is 18.4 Å². The molecule has 0 atom stereocenters. The number of alkyl halides is 3. The molecule has 1 N–H and O–H groups in total. The molecule has 0 unspecified atom stereocenters. The third-order valence-electron chi connectivity index (χ3n) is 3.37. The number of benzene rings is 1. The second kappa shape index (κ2) is 5.36. The van der Waals surface area contributed by atoms with Crippen LogP contribution in [0.3, 0.4) is 0 Å². The first-order valence-corrected chi connectivity index (χ1v) is 6.18. The first kappa shape index (κ1) is 14.1. The van der Waals surface area contributed by atoms with Crippen molar-refractivity contribution < 1.29 is 17.6 Å². The third kappa shape index (κ3) is 3.59. The van der Waals surface area contributed by atoms with Gasteiger partial charge in [0.2, 0.25) is 0 Å². The van der Waals surface area contributed by atoms with Crippen LogP contribution in [-0.4, -0.2) is 31.1 Å². The molecule has 1 fully saturated rings. The van der Waals surface area contributed by atoms with E-state index < -0.39 is 17.6 Å². The Labute approximate surface area is 109 Å². The molecule has 0 bridgehead atoms. The van der Waals surface area contributed by atoms with E-state index in [9.17, 15) is 17.6 Å². The molecule has 0 aromatic heterocycles.